The van der Waals surface area contributed by atoms with Gasteiger partial charge in [-0.25, -0.2) is 4.98 Å². The Morgan fingerprint density at radius 2 is 2.27 bits per heavy atom. The Kier molecular flexibility index (Phi) is 6.19. The standard InChI is InChI=1S/C17H28N4O/c1-4-18-17(22)14-7-8-16(19-10-14)20-11-15-6-5-9-21(15)12-13(2)3/h7-8,10,13,15H,4-6,9,11-12H2,1-3H3,(H,18,22)(H,19,20)/t15-/m1/s1. The molecule has 1 fully saturated rings. The van der Waals surface area contributed by atoms with Gasteiger partial charge in [0.25, 0.3) is 5.91 Å². The Hall–Kier alpha value is -1.62. The largest absolute Gasteiger partial charge is 0.369 e. The van der Waals surface area contributed by atoms with E-state index in [-0.39, 0.29) is 5.91 Å². The molecule has 0 radical (unpaired) electrons. The van der Waals surface area contributed by atoms with Crippen molar-refractivity contribution in [3.05, 3.63) is 23.9 Å². The predicted molar refractivity (Wildman–Crippen MR) is 90.2 cm³/mol. The fourth-order valence-electron chi connectivity index (χ4n) is 2.95. The van der Waals surface area contributed by atoms with E-state index in [1.807, 2.05) is 19.1 Å². The second-order valence-electron chi connectivity index (χ2n) is 6.36. The number of aromatic nitrogens is 1. The normalized spacial score (nSPS) is 18.6. The molecule has 1 aromatic heterocycles. The molecule has 2 rings (SSSR count). The fourth-order valence-corrected chi connectivity index (χ4v) is 2.95. The van der Waals surface area contributed by atoms with Gasteiger partial charge in [0.2, 0.25) is 0 Å². The summed E-state index contributed by atoms with van der Waals surface area (Å²) in [6.45, 7) is 10.4. The van der Waals surface area contributed by atoms with Crippen LogP contribution in [0.4, 0.5) is 5.82 Å². The molecule has 1 amide bonds. The molecule has 0 spiro atoms. The van der Waals surface area contributed by atoms with E-state index < -0.39 is 0 Å². The van der Waals surface area contributed by atoms with Crippen molar-refractivity contribution < 1.29 is 4.79 Å². The Labute approximate surface area is 133 Å². The second-order valence-corrected chi connectivity index (χ2v) is 6.36. The van der Waals surface area contributed by atoms with Crippen molar-refractivity contribution >= 4 is 11.7 Å². The zero-order valence-corrected chi connectivity index (χ0v) is 13.9. The molecule has 0 bridgehead atoms. The van der Waals surface area contributed by atoms with E-state index in [1.165, 1.54) is 19.4 Å². The third kappa shape index (κ3) is 4.70. The number of anilines is 1. The highest BCUT2D eigenvalue weighted by Gasteiger charge is 2.24. The summed E-state index contributed by atoms with van der Waals surface area (Å²) in [5, 5.41) is 6.18. The van der Waals surface area contributed by atoms with Gasteiger partial charge in [0, 0.05) is 31.9 Å². The minimum atomic E-state index is -0.0690. The van der Waals surface area contributed by atoms with E-state index in [2.05, 4.69) is 34.4 Å². The van der Waals surface area contributed by atoms with E-state index in [0.29, 0.717) is 24.1 Å². The van der Waals surface area contributed by atoms with E-state index in [1.54, 1.807) is 6.20 Å². The number of likely N-dealkylation sites (tertiary alicyclic amines) is 1. The van der Waals surface area contributed by atoms with Crippen LogP contribution in [0.25, 0.3) is 0 Å². The molecule has 0 unspecified atom stereocenters. The molecule has 5 nitrogen and oxygen atoms in total. The first-order valence-electron chi connectivity index (χ1n) is 8.32. The highest BCUT2D eigenvalue weighted by molar-refractivity contribution is 5.93. The number of rotatable bonds is 7. The van der Waals surface area contributed by atoms with E-state index in [4.69, 9.17) is 0 Å². The number of hydrogen-bond donors (Lipinski definition) is 2. The highest BCUT2D eigenvalue weighted by Crippen LogP contribution is 2.19. The van der Waals surface area contributed by atoms with Gasteiger partial charge in [0.15, 0.2) is 0 Å². The van der Waals surface area contributed by atoms with Crippen molar-refractivity contribution in [2.45, 2.75) is 39.7 Å². The van der Waals surface area contributed by atoms with Gasteiger partial charge in [-0.05, 0) is 44.4 Å². The summed E-state index contributed by atoms with van der Waals surface area (Å²) in [7, 11) is 0. The molecular formula is C17H28N4O. The van der Waals surface area contributed by atoms with Crippen molar-refractivity contribution in [3.63, 3.8) is 0 Å². The molecule has 0 aliphatic carbocycles. The Morgan fingerprint density at radius 3 is 2.91 bits per heavy atom. The van der Waals surface area contributed by atoms with E-state index in [0.717, 1.165) is 18.9 Å². The van der Waals surface area contributed by atoms with Gasteiger partial charge in [0.1, 0.15) is 5.82 Å². The average molecular weight is 304 g/mol. The van der Waals surface area contributed by atoms with Crippen LogP contribution in [0.5, 0.6) is 0 Å². The zero-order valence-electron chi connectivity index (χ0n) is 13.9. The first-order valence-corrected chi connectivity index (χ1v) is 8.32. The van der Waals surface area contributed by atoms with Crippen molar-refractivity contribution in [2.75, 3.05) is 31.5 Å². The van der Waals surface area contributed by atoms with Crippen LogP contribution in [0.2, 0.25) is 0 Å². The Balaban J connectivity index is 1.85. The molecule has 5 heteroatoms. The number of carbonyl (C=O) groups is 1. The summed E-state index contributed by atoms with van der Waals surface area (Å²) in [5.74, 6) is 1.47. The molecule has 0 aromatic carbocycles. The average Bonchev–Trinajstić information content (AvgIpc) is 2.92. The van der Waals surface area contributed by atoms with Crippen LogP contribution in [0.1, 0.15) is 44.0 Å². The molecule has 2 N–H and O–H groups in total. The lowest BCUT2D eigenvalue weighted by Gasteiger charge is -2.26. The topological polar surface area (TPSA) is 57.3 Å². The number of amides is 1. The minimum absolute atomic E-state index is 0.0690. The van der Waals surface area contributed by atoms with Gasteiger partial charge in [-0.3, -0.25) is 9.69 Å². The maximum absolute atomic E-state index is 11.7. The molecular weight excluding hydrogens is 276 g/mol. The first-order chi connectivity index (χ1) is 10.6. The molecule has 0 saturated carbocycles. The van der Waals surface area contributed by atoms with Gasteiger partial charge in [-0.15, -0.1) is 0 Å². The molecule has 122 valence electrons. The molecule has 1 aromatic rings. The highest BCUT2D eigenvalue weighted by atomic mass is 16.1. The number of nitrogens with one attached hydrogen (secondary N) is 2. The van der Waals surface area contributed by atoms with Crippen LogP contribution in [0, 0.1) is 5.92 Å². The third-order valence-corrected chi connectivity index (χ3v) is 3.98. The monoisotopic (exact) mass is 304 g/mol. The predicted octanol–water partition coefficient (Wildman–Crippen LogP) is 2.36. The Bertz CT molecular complexity index is 472. The molecule has 22 heavy (non-hydrogen) atoms. The molecule has 1 saturated heterocycles. The van der Waals surface area contributed by atoms with Crippen LogP contribution >= 0.6 is 0 Å². The summed E-state index contributed by atoms with van der Waals surface area (Å²) in [4.78, 5) is 18.6. The minimum Gasteiger partial charge on any atom is -0.369 e. The quantitative estimate of drug-likeness (QED) is 0.812. The zero-order chi connectivity index (χ0) is 15.9. The van der Waals surface area contributed by atoms with E-state index in [9.17, 15) is 4.79 Å². The lowest BCUT2D eigenvalue weighted by atomic mass is 10.1. The summed E-state index contributed by atoms with van der Waals surface area (Å²) >= 11 is 0. The van der Waals surface area contributed by atoms with Crippen LogP contribution < -0.4 is 10.6 Å². The summed E-state index contributed by atoms with van der Waals surface area (Å²) < 4.78 is 0. The maximum atomic E-state index is 11.7. The number of carbonyl (C=O) groups excluding carboxylic acids is 1. The first kappa shape index (κ1) is 16.7. The van der Waals surface area contributed by atoms with Gasteiger partial charge < -0.3 is 10.6 Å². The lowest BCUT2D eigenvalue weighted by Crippen LogP contribution is -2.37. The van der Waals surface area contributed by atoms with Crippen molar-refractivity contribution in [3.8, 4) is 0 Å². The SMILES string of the molecule is CCNC(=O)c1ccc(NC[C@H]2CCCN2CC(C)C)nc1. The van der Waals surface area contributed by atoms with Crippen LogP contribution in [-0.2, 0) is 0 Å². The molecule has 1 aliphatic rings. The lowest BCUT2D eigenvalue weighted by molar-refractivity contribution is 0.0955. The van der Waals surface area contributed by atoms with Crippen molar-refractivity contribution in [1.29, 1.82) is 0 Å². The molecule has 2 heterocycles. The second kappa shape index (κ2) is 8.13. The van der Waals surface area contributed by atoms with Crippen molar-refractivity contribution in [1.82, 2.24) is 15.2 Å². The van der Waals surface area contributed by atoms with Gasteiger partial charge >= 0.3 is 0 Å². The summed E-state index contributed by atoms with van der Waals surface area (Å²) in [5.41, 5.74) is 0.606. The molecule has 1 aliphatic heterocycles. The van der Waals surface area contributed by atoms with Crippen molar-refractivity contribution in [2.24, 2.45) is 5.92 Å². The van der Waals surface area contributed by atoms with Gasteiger partial charge in [-0.1, -0.05) is 13.8 Å². The number of hydrogen-bond acceptors (Lipinski definition) is 4. The summed E-state index contributed by atoms with van der Waals surface area (Å²) in [6, 6.07) is 4.29. The van der Waals surface area contributed by atoms with Crippen LogP contribution in [0.15, 0.2) is 18.3 Å². The molecule has 1 atom stereocenters. The van der Waals surface area contributed by atoms with Crippen LogP contribution in [0.3, 0.4) is 0 Å². The summed E-state index contributed by atoms with van der Waals surface area (Å²) in [6.07, 6.45) is 4.16. The fraction of sp³-hybridized carbons (Fsp3) is 0.647. The van der Waals surface area contributed by atoms with Crippen LogP contribution in [-0.4, -0.2) is 48.0 Å². The van der Waals surface area contributed by atoms with Gasteiger partial charge in [-0.2, -0.15) is 0 Å². The third-order valence-electron chi connectivity index (χ3n) is 3.98. The van der Waals surface area contributed by atoms with Gasteiger partial charge in [0.05, 0.1) is 5.56 Å². The number of nitrogens with zero attached hydrogens (tertiary/aromatic N) is 2. The maximum Gasteiger partial charge on any atom is 0.252 e. The smallest absolute Gasteiger partial charge is 0.252 e. The number of pyridine rings is 1. The Morgan fingerprint density at radius 1 is 1.45 bits per heavy atom. The van der Waals surface area contributed by atoms with E-state index >= 15 is 0 Å².